The number of unbranched alkanes of at least 4 members (excludes halogenated alkanes) is 29. The van der Waals surface area contributed by atoms with Crippen molar-refractivity contribution in [3.8, 4) is 0 Å². The van der Waals surface area contributed by atoms with Gasteiger partial charge in [0.1, 0.15) is 13.2 Å². The van der Waals surface area contributed by atoms with Crippen molar-refractivity contribution in [1.29, 1.82) is 0 Å². The first-order chi connectivity index (χ1) is 37.6. The lowest BCUT2D eigenvalue weighted by Crippen LogP contribution is -2.40. The molecule has 0 heterocycles. The number of carbonyl (C=O) groups excluding carboxylic acids is 2. The third kappa shape index (κ3) is 60.0. The van der Waals surface area contributed by atoms with E-state index >= 15 is 0 Å². The van der Waals surface area contributed by atoms with Crippen LogP contribution in [0.2, 0.25) is 0 Å². The molecular formula is C68H120NO8+. The van der Waals surface area contributed by atoms with Crippen molar-refractivity contribution in [2.24, 2.45) is 0 Å². The van der Waals surface area contributed by atoms with Gasteiger partial charge in [-0.1, -0.05) is 272 Å². The minimum Gasteiger partial charge on any atom is -0.477 e. The monoisotopic (exact) mass is 1080 g/mol. The summed E-state index contributed by atoms with van der Waals surface area (Å²) in [6, 6.07) is 0. The Bertz CT molecular complexity index is 1540. The van der Waals surface area contributed by atoms with Gasteiger partial charge in [0.2, 0.25) is 0 Å². The van der Waals surface area contributed by atoms with Gasteiger partial charge in [-0.2, -0.15) is 0 Å². The van der Waals surface area contributed by atoms with Gasteiger partial charge in [0, 0.05) is 12.8 Å². The Kier molecular flexibility index (Phi) is 55.9. The fraction of sp³-hybridized carbons (Fsp3) is 0.750. The summed E-state index contributed by atoms with van der Waals surface area (Å²) < 4.78 is 22.8. The molecule has 0 aromatic carbocycles. The molecule has 0 spiro atoms. The molecule has 0 aromatic rings. The molecule has 0 saturated carbocycles. The lowest BCUT2D eigenvalue weighted by molar-refractivity contribution is -0.870. The predicted molar refractivity (Wildman–Crippen MR) is 327 cm³/mol. The molecule has 0 rings (SSSR count). The SMILES string of the molecule is CC/C=C\C/C=C\C/C=C\C/C=C\C/C=C\C/C=C\C/C=C\CCCCCCCCCCCCCCCCCCCCCC(=O)OC(COC(=O)CCCCCCCCCCCCC)COC(OCC[N+](C)(C)C)C(=O)O. The summed E-state index contributed by atoms with van der Waals surface area (Å²) in [5.41, 5.74) is 0. The highest BCUT2D eigenvalue weighted by Gasteiger charge is 2.25. The van der Waals surface area contributed by atoms with Crippen molar-refractivity contribution in [2.75, 3.05) is 47.5 Å². The van der Waals surface area contributed by atoms with Crippen molar-refractivity contribution in [2.45, 2.75) is 283 Å². The Hall–Kier alpha value is -3.53. The van der Waals surface area contributed by atoms with Crippen molar-refractivity contribution < 1.29 is 42.9 Å². The highest BCUT2D eigenvalue weighted by Crippen LogP contribution is 2.17. The molecule has 0 radical (unpaired) electrons. The van der Waals surface area contributed by atoms with Crippen LogP contribution in [0.1, 0.15) is 271 Å². The number of aliphatic carboxylic acids is 1. The van der Waals surface area contributed by atoms with E-state index in [2.05, 4.69) is 98.9 Å². The Morgan fingerprint density at radius 3 is 1.10 bits per heavy atom. The molecule has 0 fully saturated rings. The van der Waals surface area contributed by atoms with Gasteiger partial charge in [-0.05, 0) is 70.6 Å². The lowest BCUT2D eigenvalue weighted by Gasteiger charge is -2.25. The molecule has 77 heavy (non-hydrogen) atoms. The maximum Gasteiger partial charge on any atom is 0.361 e. The van der Waals surface area contributed by atoms with Crippen molar-refractivity contribution in [1.82, 2.24) is 0 Å². The van der Waals surface area contributed by atoms with E-state index in [9.17, 15) is 19.5 Å². The molecule has 9 nitrogen and oxygen atoms in total. The number of carboxylic acid groups (broad SMARTS) is 1. The normalized spacial score (nSPS) is 13.3. The number of allylic oxidation sites excluding steroid dienone is 14. The van der Waals surface area contributed by atoms with E-state index in [4.69, 9.17) is 18.9 Å². The number of hydrogen-bond acceptors (Lipinski definition) is 7. The summed E-state index contributed by atoms with van der Waals surface area (Å²) in [6.45, 7) is 4.77. The minimum absolute atomic E-state index is 0.179. The molecule has 2 unspecified atom stereocenters. The van der Waals surface area contributed by atoms with Crippen LogP contribution in [0, 0.1) is 0 Å². The summed E-state index contributed by atoms with van der Waals surface area (Å²) in [5.74, 6) is -1.99. The number of rotatable bonds is 58. The third-order valence-corrected chi connectivity index (χ3v) is 13.7. The fourth-order valence-electron chi connectivity index (χ4n) is 8.82. The summed E-state index contributed by atoms with van der Waals surface area (Å²) >= 11 is 0. The number of hydrogen-bond donors (Lipinski definition) is 1. The van der Waals surface area contributed by atoms with Gasteiger partial charge in [0.05, 0.1) is 34.4 Å². The summed E-state index contributed by atoms with van der Waals surface area (Å²) in [5, 5.41) is 9.69. The zero-order valence-corrected chi connectivity index (χ0v) is 50.6. The quantitative estimate of drug-likeness (QED) is 0.0211. The van der Waals surface area contributed by atoms with E-state index in [-0.39, 0.29) is 32.2 Å². The topological polar surface area (TPSA) is 108 Å². The summed E-state index contributed by atoms with van der Waals surface area (Å²) in [7, 11) is 5.97. The molecule has 9 heteroatoms. The minimum atomic E-state index is -1.51. The first-order valence-corrected chi connectivity index (χ1v) is 31.8. The highest BCUT2D eigenvalue weighted by atomic mass is 16.7. The number of nitrogens with zero attached hydrogens (tertiary/aromatic N) is 1. The van der Waals surface area contributed by atoms with E-state index in [0.717, 1.165) is 83.5 Å². The van der Waals surface area contributed by atoms with Gasteiger partial charge in [-0.3, -0.25) is 9.59 Å². The molecule has 1 N–H and O–H groups in total. The number of carbonyl (C=O) groups is 3. The zero-order valence-electron chi connectivity index (χ0n) is 50.6. The molecule has 0 aliphatic rings. The molecule has 0 aliphatic heterocycles. The van der Waals surface area contributed by atoms with Crippen molar-refractivity contribution in [3.63, 3.8) is 0 Å². The van der Waals surface area contributed by atoms with Gasteiger partial charge in [-0.15, -0.1) is 0 Å². The second kappa shape index (κ2) is 58.6. The van der Waals surface area contributed by atoms with Crippen LogP contribution in [0.5, 0.6) is 0 Å². The average molecular weight is 1080 g/mol. The number of esters is 2. The van der Waals surface area contributed by atoms with E-state index < -0.39 is 24.3 Å². The zero-order chi connectivity index (χ0) is 56.2. The maximum atomic E-state index is 12.9. The van der Waals surface area contributed by atoms with Crippen LogP contribution in [-0.4, -0.2) is 87.4 Å². The molecule has 0 aromatic heterocycles. The molecule has 444 valence electrons. The molecular weight excluding hydrogens is 959 g/mol. The Labute approximate surface area is 474 Å². The standard InChI is InChI=1S/C68H119NO8/c1-6-8-10-12-14-16-18-19-20-21-22-23-24-25-26-27-28-29-30-31-32-33-34-35-36-37-38-39-40-41-42-43-44-45-46-47-49-51-53-55-57-59-66(71)77-64(63-76-68(67(72)73)74-61-60-69(3,4)5)62-75-65(70)58-56-54-52-50-48-17-15-13-11-9-7-2/h8,10,14,16,19-20,22-23,25-26,28-29,31-32,64,68H,6-7,9,11-13,15,17-18,21,24,27,30,33-63H2,1-5H3/p+1/b10-8-,16-14-,20-19-,23-22-,26-25-,29-28-,32-31-. The summed E-state index contributed by atoms with van der Waals surface area (Å²) in [6.07, 6.45) is 75.6. The van der Waals surface area contributed by atoms with Crippen LogP contribution >= 0.6 is 0 Å². The van der Waals surface area contributed by atoms with Crippen molar-refractivity contribution in [3.05, 3.63) is 85.1 Å². The number of likely N-dealkylation sites (N-methyl/N-ethyl adjacent to an activating group) is 1. The van der Waals surface area contributed by atoms with Gasteiger partial charge in [0.15, 0.2) is 6.10 Å². The van der Waals surface area contributed by atoms with Gasteiger partial charge < -0.3 is 28.5 Å². The average Bonchev–Trinajstić information content (AvgIpc) is 3.40. The number of ether oxygens (including phenoxy) is 4. The Balaban J connectivity index is 3.95. The van der Waals surface area contributed by atoms with Crippen LogP contribution < -0.4 is 0 Å². The van der Waals surface area contributed by atoms with Crippen LogP contribution in [0.3, 0.4) is 0 Å². The van der Waals surface area contributed by atoms with Crippen LogP contribution in [0.4, 0.5) is 0 Å². The molecule has 0 saturated heterocycles. The van der Waals surface area contributed by atoms with Gasteiger partial charge >= 0.3 is 17.9 Å². The Morgan fingerprint density at radius 2 is 0.740 bits per heavy atom. The molecule has 0 bridgehead atoms. The lowest BCUT2D eigenvalue weighted by atomic mass is 10.0. The van der Waals surface area contributed by atoms with Crippen LogP contribution in [-0.2, 0) is 33.3 Å². The smallest absolute Gasteiger partial charge is 0.361 e. The van der Waals surface area contributed by atoms with Gasteiger partial charge in [-0.25, -0.2) is 4.79 Å². The van der Waals surface area contributed by atoms with Gasteiger partial charge in [0.25, 0.3) is 6.29 Å². The fourth-order valence-corrected chi connectivity index (χ4v) is 8.82. The van der Waals surface area contributed by atoms with Crippen LogP contribution in [0.25, 0.3) is 0 Å². The molecule has 0 aliphatic carbocycles. The maximum absolute atomic E-state index is 12.9. The van der Waals surface area contributed by atoms with E-state index in [1.165, 1.54) is 161 Å². The first-order valence-electron chi connectivity index (χ1n) is 31.8. The van der Waals surface area contributed by atoms with E-state index in [0.29, 0.717) is 17.4 Å². The first kappa shape index (κ1) is 73.5. The van der Waals surface area contributed by atoms with E-state index in [1.54, 1.807) is 0 Å². The molecule has 2 atom stereocenters. The summed E-state index contributed by atoms with van der Waals surface area (Å²) in [4.78, 5) is 37.3. The predicted octanol–water partition coefficient (Wildman–Crippen LogP) is 19.1. The Morgan fingerprint density at radius 1 is 0.403 bits per heavy atom. The largest absolute Gasteiger partial charge is 0.477 e. The van der Waals surface area contributed by atoms with Crippen LogP contribution in [0.15, 0.2) is 85.1 Å². The third-order valence-electron chi connectivity index (χ3n) is 13.7. The second-order valence-corrected chi connectivity index (χ2v) is 22.3. The molecule has 0 amide bonds. The number of carboxylic acids is 1. The number of quaternary nitrogens is 1. The van der Waals surface area contributed by atoms with Crippen molar-refractivity contribution >= 4 is 17.9 Å². The van der Waals surface area contributed by atoms with E-state index in [1.807, 2.05) is 21.1 Å². The highest BCUT2D eigenvalue weighted by molar-refractivity contribution is 5.71. The second-order valence-electron chi connectivity index (χ2n) is 22.3.